The third kappa shape index (κ3) is 3.58. The van der Waals surface area contributed by atoms with Gasteiger partial charge in [-0.15, -0.1) is 0 Å². The first-order valence-electron chi connectivity index (χ1n) is 7.53. The van der Waals surface area contributed by atoms with E-state index in [0.717, 1.165) is 0 Å². The Bertz CT molecular complexity index is 781. The van der Waals surface area contributed by atoms with Crippen molar-refractivity contribution in [3.8, 4) is 23.3 Å². The van der Waals surface area contributed by atoms with Crippen LogP contribution in [0.1, 0.15) is 12.5 Å². The molecule has 0 unspecified atom stereocenters. The van der Waals surface area contributed by atoms with Gasteiger partial charge < -0.3 is 19.5 Å². The molecule has 2 aromatic rings. The second-order valence-electron chi connectivity index (χ2n) is 5.24. The number of nitrogens with zero attached hydrogens (tertiary/aromatic N) is 1. The van der Waals surface area contributed by atoms with Crippen molar-refractivity contribution in [2.75, 3.05) is 18.5 Å². The molecule has 1 aliphatic heterocycles. The van der Waals surface area contributed by atoms with Crippen LogP contribution in [0.4, 0.5) is 5.69 Å². The largest absolute Gasteiger partial charge is 0.486 e. The number of amides is 1. The molecule has 0 saturated carbocycles. The SMILES string of the molecule is C[C@@H](Oc1ccc(C#N)cc1)C(=O)Nc1ccc2c(c1)OCCO2. The van der Waals surface area contributed by atoms with E-state index in [9.17, 15) is 4.79 Å². The maximum Gasteiger partial charge on any atom is 0.265 e. The molecule has 122 valence electrons. The van der Waals surface area contributed by atoms with E-state index in [0.29, 0.717) is 41.7 Å². The van der Waals surface area contributed by atoms with E-state index in [1.807, 2.05) is 6.07 Å². The highest BCUT2D eigenvalue weighted by atomic mass is 16.6. The van der Waals surface area contributed by atoms with Crippen molar-refractivity contribution >= 4 is 11.6 Å². The summed E-state index contributed by atoms with van der Waals surface area (Å²) in [6.07, 6.45) is -0.689. The molecule has 6 heteroatoms. The van der Waals surface area contributed by atoms with Gasteiger partial charge in [0.05, 0.1) is 11.6 Å². The average molecular weight is 324 g/mol. The molecular formula is C18H16N2O4. The Morgan fingerprint density at radius 3 is 2.58 bits per heavy atom. The molecule has 1 N–H and O–H groups in total. The predicted octanol–water partition coefficient (Wildman–Crippen LogP) is 2.74. The first-order valence-corrected chi connectivity index (χ1v) is 7.53. The Morgan fingerprint density at radius 1 is 1.17 bits per heavy atom. The van der Waals surface area contributed by atoms with E-state index >= 15 is 0 Å². The lowest BCUT2D eigenvalue weighted by Gasteiger charge is -2.19. The zero-order chi connectivity index (χ0) is 16.9. The minimum atomic E-state index is -0.689. The van der Waals surface area contributed by atoms with Gasteiger partial charge in [0.15, 0.2) is 17.6 Å². The topological polar surface area (TPSA) is 80.6 Å². The van der Waals surface area contributed by atoms with E-state index in [1.54, 1.807) is 49.4 Å². The van der Waals surface area contributed by atoms with Gasteiger partial charge in [-0.2, -0.15) is 5.26 Å². The summed E-state index contributed by atoms with van der Waals surface area (Å²) in [4.78, 5) is 12.2. The average Bonchev–Trinajstić information content (AvgIpc) is 2.62. The number of nitrogens with one attached hydrogen (secondary N) is 1. The molecule has 3 rings (SSSR count). The number of benzene rings is 2. The van der Waals surface area contributed by atoms with Crippen LogP contribution in [0.3, 0.4) is 0 Å². The number of carbonyl (C=O) groups excluding carboxylic acids is 1. The molecule has 0 radical (unpaired) electrons. The summed E-state index contributed by atoms with van der Waals surface area (Å²) < 4.78 is 16.5. The fourth-order valence-corrected chi connectivity index (χ4v) is 2.23. The Morgan fingerprint density at radius 2 is 1.88 bits per heavy atom. The van der Waals surface area contributed by atoms with E-state index in [1.165, 1.54) is 0 Å². The predicted molar refractivity (Wildman–Crippen MR) is 87.3 cm³/mol. The Labute approximate surface area is 139 Å². The number of ether oxygens (including phenoxy) is 3. The summed E-state index contributed by atoms with van der Waals surface area (Å²) in [6, 6.07) is 13.9. The number of nitriles is 1. The fourth-order valence-electron chi connectivity index (χ4n) is 2.23. The first-order chi connectivity index (χ1) is 11.7. The van der Waals surface area contributed by atoms with Crippen molar-refractivity contribution in [2.24, 2.45) is 0 Å². The Hall–Kier alpha value is -3.20. The van der Waals surface area contributed by atoms with Gasteiger partial charge in [-0.3, -0.25) is 4.79 Å². The van der Waals surface area contributed by atoms with E-state index in [4.69, 9.17) is 19.5 Å². The lowest BCUT2D eigenvalue weighted by molar-refractivity contribution is -0.122. The Kier molecular flexibility index (Phi) is 4.52. The van der Waals surface area contributed by atoms with Crippen molar-refractivity contribution in [1.82, 2.24) is 0 Å². The van der Waals surface area contributed by atoms with Crippen LogP contribution in [0.15, 0.2) is 42.5 Å². The third-order valence-corrected chi connectivity index (χ3v) is 3.48. The monoisotopic (exact) mass is 324 g/mol. The molecule has 0 spiro atoms. The van der Waals surface area contributed by atoms with Crippen LogP contribution < -0.4 is 19.5 Å². The maximum atomic E-state index is 12.2. The lowest BCUT2D eigenvalue weighted by Crippen LogP contribution is -2.30. The van der Waals surface area contributed by atoms with Crippen LogP contribution in [-0.4, -0.2) is 25.2 Å². The highest BCUT2D eigenvalue weighted by Crippen LogP contribution is 2.32. The molecule has 0 aromatic heterocycles. The van der Waals surface area contributed by atoms with E-state index < -0.39 is 6.10 Å². The first kappa shape index (κ1) is 15.7. The zero-order valence-corrected chi connectivity index (χ0v) is 13.1. The van der Waals surface area contributed by atoms with Gasteiger partial charge in [0.1, 0.15) is 19.0 Å². The van der Waals surface area contributed by atoms with Gasteiger partial charge in [0.25, 0.3) is 5.91 Å². The molecule has 0 aliphatic carbocycles. The van der Waals surface area contributed by atoms with Crippen LogP contribution in [-0.2, 0) is 4.79 Å². The summed E-state index contributed by atoms with van der Waals surface area (Å²) in [5.74, 6) is 1.52. The lowest BCUT2D eigenvalue weighted by atomic mass is 10.2. The van der Waals surface area contributed by atoms with Crippen molar-refractivity contribution in [1.29, 1.82) is 5.26 Å². The molecule has 1 amide bonds. The molecule has 0 bridgehead atoms. The van der Waals surface area contributed by atoms with Gasteiger partial charge >= 0.3 is 0 Å². The fraction of sp³-hybridized carbons (Fsp3) is 0.222. The number of anilines is 1. The minimum absolute atomic E-state index is 0.281. The number of hydrogen-bond donors (Lipinski definition) is 1. The van der Waals surface area contributed by atoms with E-state index in [-0.39, 0.29) is 5.91 Å². The van der Waals surface area contributed by atoms with Gasteiger partial charge in [0.2, 0.25) is 0 Å². The zero-order valence-electron chi connectivity index (χ0n) is 13.1. The molecule has 1 heterocycles. The van der Waals surface area contributed by atoms with Gasteiger partial charge in [-0.05, 0) is 43.3 Å². The molecule has 0 fully saturated rings. The summed E-state index contributed by atoms with van der Waals surface area (Å²) in [7, 11) is 0. The highest BCUT2D eigenvalue weighted by Gasteiger charge is 2.17. The summed E-state index contributed by atoms with van der Waals surface area (Å²) in [5.41, 5.74) is 1.15. The second-order valence-corrected chi connectivity index (χ2v) is 5.24. The smallest absolute Gasteiger partial charge is 0.265 e. The molecule has 1 atom stereocenters. The maximum absolute atomic E-state index is 12.2. The van der Waals surface area contributed by atoms with Crippen LogP contribution in [0.25, 0.3) is 0 Å². The van der Waals surface area contributed by atoms with Crippen molar-refractivity contribution < 1.29 is 19.0 Å². The Balaban J connectivity index is 1.62. The molecule has 0 saturated heterocycles. The highest BCUT2D eigenvalue weighted by molar-refractivity contribution is 5.94. The van der Waals surface area contributed by atoms with Gasteiger partial charge in [0, 0.05) is 11.8 Å². The van der Waals surface area contributed by atoms with Crippen LogP contribution in [0.5, 0.6) is 17.2 Å². The van der Waals surface area contributed by atoms with Crippen LogP contribution in [0.2, 0.25) is 0 Å². The van der Waals surface area contributed by atoms with Crippen LogP contribution >= 0.6 is 0 Å². The van der Waals surface area contributed by atoms with E-state index in [2.05, 4.69) is 5.32 Å². The molecule has 6 nitrogen and oxygen atoms in total. The molecule has 1 aliphatic rings. The molecule has 24 heavy (non-hydrogen) atoms. The molecule has 2 aromatic carbocycles. The minimum Gasteiger partial charge on any atom is -0.486 e. The number of rotatable bonds is 4. The summed E-state index contributed by atoms with van der Waals surface area (Å²) >= 11 is 0. The second kappa shape index (κ2) is 6.92. The van der Waals surface area contributed by atoms with Crippen molar-refractivity contribution in [2.45, 2.75) is 13.0 Å². The van der Waals surface area contributed by atoms with Crippen molar-refractivity contribution in [3.05, 3.63) is 48.0 Å². The summed E-state index contributed by atoms with van der Waals surface area (Å²) in [5, 5.41) is 11.6. The number of hydrogen-bond acceptors (Lipinski definition) is 5. The number of carbonyl (C=O) groups is 1. The third-order valence-electron chi connectivity index (χ3n) is 3.48. The van der Waals surface area contributed by atoms with Crippen molar-refractivity contribution in [3.63, 3.8) is 0 Å². The van der Waals surface area contributed by atoms with Gasteiger partial charge in [-0.25, -0.2) is 0 Å². The standard InChI is InChI=1S/C18H16N2O4/c1-12(24-15-5-2-13(11-19)3-6-15)18(21)20-14-4-7-16-17(10-14)23-9-8-22-16/h2-7,10,12H,8-9H2,1H3,(H,20,21)/t12-/m1/s1. The van der Waals surface area contributed by atoms with Crippen LogP contribution in [0, 0.1) is 11.3 Å². The molecular weight excluding hydrogens is 308 g/mol. The quantitative estimate of drug-likeness (QED) is 0.935. The normalized spacial score (nSPS) is 13.5. The summed E-state index contributed by atoms with van der Waals surface area (Å²) in [6.45, 7) is 2.67. The number of fused-ring (bicyclic) bond motifs is 1. The van der Waals surface area contributed by atoms with Gasteiger partial charge in [-0.1, -0.05) is 0 Å².